The van der Waals surface area contributed by atoms with Crippen LogP contribution in [0.3, 0.4) is 0 Å². The van der Waals surface area contributed by atoms with Gasteiger partial charge in [0.05, 0.1) is 12.7 Å². The van der Waals surface area contributed by atoms with E-state index < -0.39 is 5.97 Å². The van der Waals surface area contributed by atoms with Gasteiger partial charge in [0.1, 0.15) is 5.75 Å². The Bertz CT molecular complexity index is 867. The molecule has 0 bridgehead atoms. The number of carbonyl (C=O) groups excluding carboxylic acids is 1. The summed E-state index contributed by atoms with van der Waals surface area (Å²) >= 11 is 6.03. The highest BCUT2D eigenvalue weighted by Crippen LogP contribution is 2.28. The van der Waals surface area contributed by atoms with Gasteiger partial charge in [-0.25, -0.2) is 9.79 Å². The van der Waals surface area contributed by atoms with Crippen LogP contribution in [0, 0.1) is 0 Å². The van der Waals surface area contributed by atoms with Crippen LogP contribution in [0.25, 0.3) is 6.08 Å². The molecule has 25 heavy (non-hydrogen) atoms. The first-order valence-corrected chi connectivity index (χ1v) is 8.32. The zero-order chi connectivity index (χ0) is 18.0. The van der Waals surface area contributed by atoms with Gasteiger partial charge < -0.3 is 9.47 Å². The lowest BCUT2D eigenvalue weighted by atomic mass is 10.0. The van der Waals surface area contributed by atoms with Crippen molar-refractivity contribution in [2.75, 3.05) is 7.11 Å². The number of ether oxygens (including phenoxy) is 2. The first kappa shape index (κ1) is 17.2. The fourth-order valence-electron chi connectivity index (χ4n) is 2.51. The molecule has 0 amide bonds. The van der Waals surface area contributed by atoms with Crippen molar-refractivity contribution in [2.45, 2.75) is 19.8 Å². The van der Waals surface area contributed by atoms with Gasteiger partial charge in [0.15, 0.2) is 5.70 Å². The molecule has 2 aromatic carbocycles. The number of hydrogen-bond donors (Lipinski definition) is 0. The summed E-state index contributed by atoms with van der Waals surface area (Å²) in [4.78, 5) is 16.5. The Morgan fingerprint density at radius 3 is 2.52 bits per heavy atom. The van der Waals surface area contributed by atoms with Crippen molar-refractivity contribution in [3.05, 3.63) is 69.9 Å². The van der Waals surface area contributed by atoms with Crippen LogP contribution in [0.5, 0.6) is 5.75 Å². The smallest absolute Gasteiger partial charge is 0.363 e. The first-order valence-electron chi connectivity index (χ1n) is 7.94. The molecular weight excluding hydrogens is 338 g/mol. The molecule has 0 saturated heterocycles. The minimum absolute atomic E-state index is 0.189. The van der Waals surface area contributed by atoms with Gasteiger partial charge in [-0.15, -0.1) is 0 Å². The molecule has 0 unspecified atom stereocenters. The van der Waals surface area contributed by atoms with Crippen molar-refractivity contribution in [3.8, 4) is 5.75 Å². The molecule has 0 saturated carbocycles. The molecule has 5 heteroatoms. The Hall–Kier alpha value is -2.59. The van der Waals surface area contributed by atoms with Crippen LogP contribution in [-0.2, 0) is 9.53 Å². The highest BCUT2D eigenvalue weighted by atomic mass is 35.5. The summed E-state index contributed by atoms with van der Waals surface area (Å²) in [7, 11) is 1.54. The molecule has 3 rings (SSSR count). The van der Waals surface area contributed by atoms with Gasteiger partial charge in [-0.3, -0.25) is 0 Å². The second-order valence-electron chi connectivity index (χ2n) is 6.00. The lowest BCUT2D eigenvalue weighted by molar-refractivity contribution is -0.129. The molecule has 0 radical (unpaired) electrons. The maximum absolute atomic E-state index is 12.1. The van der Waals surface area contributed by atoms with E-state index in [1.165, 1.54) is 12.7 Å². The number of cyclic esters (lactones) is 1. The number of halogens is 1. The van der Waals surface area contributed by atoms with Crippen LogP contribution in [-0.4, -0.2) is 19.0 Å². The number of hydrogen-bond acceptors (Lipinski definition) is 4. The van der Waals surface area contributed by atoms with Gasteiger partial charge in [-0.05, 0) is 41.3 Å². The molecule has 0 aliphatic carbocycles. The van der Waals surface area contributed by atoms with Crippen molar-refractivity contribution in [1.29, 1.82) is 0 Å². The predicted molar refractivity (Wildman–Crippen MR) is 99.1 cm³/mol. The normalized spacial score (nSPS) is 15.5. The summed E-state index contributed by atoms with van der Waals surface area (Å²) in [6.07, 6.45) is 1.70. The number of esters is 1. The summed E-state index contributed by atoms with van der Waals surface area (Å²) in [6, 6.07) is 13.1. The molecule has 0 aromatic heterocycles. The number of nitrogens with zero attached hydrogens (tertiary/aromatic N) is 1. The SMILES string of the molecule is COc1ccc(Cl)cc1C1=N/C(=C/c2ccc(C(C)C)cc2)C(=O)O1. The molecule has 1 aliphatic rings. The summed E-state index contributed by atoms with van der Waals surface area (Å²) in [5.74, 6) is 0.691. The molecule has 1 heterocycles. The van der Waals surface area contributed by atoms with Crippen LogP contribution < -0.4 is 4.74 Å². The van der Waals surface area contributed by atoms with Crippen LogP contribution in [0.4, 0.5) is 0 Å². The van der Waals surface area contributed by atoms with E-state index in [1.807, 2.05) is 24.3 Å². The second-order valence-corrected chi connectivity index (χ2v) is 6.44. The Morgan fingerprint density at radius 2 is 1.88 bits per heavy atom. The second kappa shape index (κ2) is 7.11. The third kappa shape index (κ3) is 3.74. The molecular formula is C20H18ClNO3. The maximum atomic E-state index is 12.1. The zero-order valence-corrected chi connectivity index (χ0v) is 15.0. The maximum Gasteiger partial charge on any atom is 0.363 e. The number of rotatable bonds is 4. The first-order chi connectivity index (χ1) is 12.0. The number of aliphatic imine (C=N–C) groups is 1. The Labute approximate surface area is 151 Å². The number of carbonyl (C=O) groups is 1. The highest BCUT2D eigenvalue weighted by molar-refractivity contribution is 6.31. The largest absolute Gasteiger partial charge is 0.496 e. The topological polar surface area (TPSA) is 47.9 Å². The van der Waals surface area contributed by atoms with Gasteiger partial charge in [0.2, 0.25) is 5.90 Å². The van der Waals surface area contributed by atoms with Crippen molar-refractivity contribution >= 4 is 29.5 Å². The monoisotopic (exact) mass is 355 g/mol. The van der Waals surface area contributed by atoms with Crippen molar-refractivity contribution in [2.24, 2.45) is 4.99 Å². The standard InChI is InChI=1S/C20H18ClNO3/c1-12(2)14-6-4-13(5-7-14)10-17-20(23)25-19(22-17)16-11-15(21)8-9-18(16)24-3/h4-12H,1-3H3/b17-10+. The predicted octanol–water partition coefficient (Wildman–Crippen LogP) is 4.82. The molecule has 0 N–H and O–H groups in total. The Morgan fingerprint density at radius 1 is 1.16 bits per heavy atom. The van der Waals surface area contributed by atoms with Gasteiger partial charge in [-0.2, -0.15) is 0 Å². The van der Waals surface area contributed by atoms with Gasteiger partial charge in [0.25, 0.3) is 0 Å². The minimum Gasteiger partial charge on any atom is -0.496 e. The summed E-state index contributed by atoms with van der Waals surface area (Å²) in [5, 5.41) is 0.510. The van der Waals surface area contributed by atoms with E-state index in [0.717, 1.165) is 5.56 Å². The fourth-order valence-corrected chi connectivity index (χ4v) is 2.68. The fraction of sp³-hybridized carbons (Fsp3) is 0.200. The average molecular weight is 356 g/mol. The lowest BCUT2D eigenvalue weighted by Crippen LogP contribution is -2.07. The number of benzene rings is 2. The van der Waals surface area contributed by atoms with E-state index in [1.54, 1.807) is 24.3 Å². The molecule has 1 aliphatic heterocycles. The van der Waals surface area contributed by atoms with Crippen molar-refractivity contribution in [3.63, 3.8) is 0 Å². The molecule has 0 atom stereocenters. The van der Waals surface area contributed by atoms with E-state index in [0.29, 0.717) is 22.3 Å². The quantitative estimate of drug-likeness (QED) is 0.583. The molecule has 4 nitrogen and oxygen atoms in total. The van der Waals surface area contributed by atoms with Crippen LogP contribution >= 0.6 is 11.6 Å². The van der Waals surface area contributed by atoms with E-state index in [-0.39, 0.29) is 11.6 Å². The van der Waals surface area contributed by atoms with Gasteiger partial charge in [0, 0.05) is 5.02 Å². The van der Waals surface area contributed by atoms with Crippen LogP contribution in [0.1, 0.15) is 36.5 Å². The molecule has 0 spiro atoms. The molecule has 128 valence electrons. The number of methoxy groups -OCH3 is 1. The van der Waals surface area contributed by atoms with E-state index in [2.05, 4.69) is 18.8 Å². The van der Waals surface area contributed by atoms with E-state index in [9.17, 15) is 4.79 Å². The van der Waals surface area contributed by atoms with Crippen molar-refractivity contribution < 1.29 is 14.3 Å². The zero-order valence-electron chi connectivity index (χ0n) is 14.2. The van der Waals surface area contributed by atoms with Crippen molar-refractivity contribution in [1.82, 2.24) is 0 Å². The minimum atomic E-state index is -0.495. The van der Waals surface area contributed by atoms with E-state index in [4.69, 9.17) is 21.1 Å². The molecule has 2 aromatic rings. The Balaban J connectivity index is 1.94. The lowest BCUT2D eigenvalue weighted by Gasteiger charge is -2.07. The van der Waals surface area contributed by atoms with Gasteiger partial charge >= 0.3 is 5.97 Å². The summed E-state index contributed by atoms with van der Waals surface area (Å²) in [6.45, 7) is 4.27. The Kier molecular flexibility index (Phi) is 4.91. The van der Waals surface area contributed by atoms with Crippen LogP contribution in [0.15, 0.2) is 53.2 Å². The van der Waals surface area contributed by atoms with Gasteiger partial charge in [-0.1, -0.05) is 49.7 Å². The average Bonchev–Trinajstić information content (AvgIpc) is 2.96. The highest BCUT2D eigenvalue weighted by Gasteiger charge is 2.26. The summed E-state index contributed by atoms with van der Waals surface area (Å²) < 4.78 is 10.6. The van der Waals surface area contributed by atoms with Crippen LogP contribution in [0.2, 0.25) is 5.02 Å². The third-order valence-electron chi connectivity index (χ3n) is 3.92. The third-order valence-corrected chi connectivity index (χ3v) is 4.15. The van der Waals surface area contributed by atoms with E-state index >= 15 is 0 Å². The summed E-state index contributed by atoms with van der Waals surface area (Å²) in [5.41, 5.74) is 2.92. The molecule has 0 fully saturated rings.